The molecular weight excluding hydrogens is 625 g/mol. The molecule has 13 heteroatoms. The van der Waals surface area contributed by atoms with E-state index in [1.165, 1.54) is 11.3 Å². The molecule has 0 radical (unpaired) electrons. The van der Waals surface area contributed by atoms with Crippen LogP contribution in [-0.4, -0.2) is 85.9 Å². The van der Waals surface area contributed by atoms with Gasteiger partial charge in [0, 0.05) is 49.1 Å². The van der Waals surface area contributed by atoms with Crippen LogP contribution in [0.5, 0.6) is 0 Å². The quantitative estimate of drug-likeness (QED) is 0.296. The number of likely N-dealkylation sites (tertiary alicyclic amines) is 2. The Balaban J connectivity index is 1.29. The SMILES string of the molecule is CCN(c1nc(-c2noc3c2CCCC32CCCc3sc(N)c(C#N)c32)nc2c1cnn2C(C)C1CCCN1C)C1CCN(C(C)=O)C1. The average molecular weight is 669 g/mol. The van der Waals surface area contributed by atoms with Crippen LogP contribution in [0.15, 0.2) is 10.7 Å². The maximum atomic E-state index is 12.3. The maximum Gasteiger partial charge on any atom is 0.219 e. The number of nitrogens with zero attached hydrogens (tertiary/aromatic N) is 9. The molecule has 2 aliphatic heterocycles. The molecule has 8 rings (SSSR count). The Morgan fingerprint density at radius 2 is 2.04 bits per heavy atom. The summed E-state index contributed by atoms with van der Waals surface area (Å²) in [4.78, 5) is 30.7. The molecule has 2 N–H and O–H groups in total. The van der Waals surface area contributed by atoms with Crippen LogP contribution in [0.4, 0.5) is 10.8 Å². The molecule has 48 heavy (non-hydrogen) atoms. The zero-order valence-corrected chi connectivity index (χ0v) is 29.1. The van der Waals surface area contributed by atoms with Gasteiger partial charge in [-0.05, 0) is 90.8 Å². The minimum Gasteiger partial charge on any atom is -0.389 e. The van der Waals surface area contributed by atoms with Gasteiger partial charge in [-0.15, -0.1) is 11.3 Å². The van der Waals surface area contributed by atoms with Gasteiger partial charge < -0.3 is 25.0 Å². The Morgan fingerprint density at radius 3 is 2.75 bits per heavy atom. The highest BCUT2D eigenvalue weighted by Crippen LogP contribution is 2.55. The molecule has 4 aliphatic rings. The van der Waals surface area contributed by atoms with Crippen molar-refractivity contribution >= 4 is 39.1 Å². The first-order valence-corrected chi connectivity index (χ1v) is 18.4. The van der Waals surface area contributed by atoms with E-state index in [0.717, 1.165) is 105 Å². The molecule has 4 atom stereocenters. The predicted octanol–water partition coefficient (Wildman–Crippen LogP) is 5.06. The van der Waals surface area contributed by atoms with Crippen molar-refractivity contribution in [1.82, 2.24) is 34.7 Å². The third-order valence-corrected chi connectivity index (χ3v) is 12.8. The number of likely N-dealkylation sites (N-methyl/N-ethyl adjacent to an activating group) is 2. The highest BCUT2D eigenvalue weighted by atomic mass is 32.1. The zero-order valence-electron chi connectivity index (χ0n) is 28.3. The predicted molar refractivity (Wildman–Crippen MR) is 185 cm³/mol. The Morgan fingerprint density at radius 1 is 1.23 bits per heavy atom. The third kappa shape index (κ3) is 4.66. The molecule has 2 fully saturated rings. The number of hydrogen-bond donors (Lipinski definition) is 1. The number of rotatable bonds is 6. The Hall–Kier alpha value is -4.02. The van der Waals surface area contributed by atoms with Gasteiger partial charge in [-0.1, -0.05) is 5.16 Å². The lowest BCUT2D eigenvalue weighted by atomic mass is 9.63. The molecule has 0 aromatic carbocycles. The second kappa shape index (κ2) is 11.8. The molecular formula is C35H44N10O2S. The number of thiophene rings is 1. The topological polar surface area (TPSA) is 146 Å². The molecule has 4 aromatic heterocycles. The van der Waals surface area contributed by atoms with Gasteiger partial charge in [-0.2, -0.15) is 10.4 Å². The van der Waals surface area contributed by atoms with Crippen molar-refractivity contribution < 1.29 is 9.32 Å². The van der Waals surface area contributed by atoms with Crippen LogP contribution < -0.4 is 10.6 Å². The first-order chi connectivity index (χ1) is 23.3. The first kappa shape index (κ1) is 31.3. The van der Waals surface area contributed by atoms with Crippen LogP contribution in [0.2, 0.25) is 0 Å². The van der Waals surface area contributed by atoms with Gasteiger partial charge in [0.25, 0.3) is 0 Å². The summed E-state index contributed by atoms with van der Waals surface area (Å²) in [5, 5.41) is 21.4. The normalized spacial score (nSPS) is 24.6. The monoisotopic (exact) mass is 668 g/mol. The fourth-order valence-corrected chi connectivity index (χ4v) is 10.5. The number of nitriles is 1. The van der Waals surface area contributed by atoms with Crippen LogP contribution in [0, 0.1) is 11.3 Å². The molecule has 0 saturated carbocycles. The molecule has 12 nitrogen and oxygen atoms in total. The zero-order chi connectivity index (χ0) is 33.3. The van der Waals surface area contributed by atoms with E-state index in [1.54, 1.807) is 18.3 Å². The second-order valence-corrected chi connectivity index (χ2v) is 15.3. The fourth-order valence-electron chi connectivity index (χ4n) is 9.32. The molecule has 4 aromatic rings. The van der Waals surface area contributed by atoms with E-state index in [0.29, 0.717) is 34.7 Å². The summed E-state index contributed by atoms with van der Waals surface area (Å²) in [5.74, 6) is 2.31. The van der Waals surface area contributed by atoms with Crippen molar-refractivity contribution in [1.29, 1.82) is 5.26 Å². The minimum absolute atomic E-state index is 0.102. The Kier molecular flexibility index (Phi) is 7.71. The highest BCUT2D eigenvalue weighted by Gasteiger charge is 2.49. The molecule has 2 aliphatic carbocycles. The van der Waals surface area contributed by atoms with Crippen molar-refractivity contribution in [3.8, 4) is 17.6 Å². The summed E-state index contributed by atoms with van der Waals surface area (Å²) < 4.78 is 8.45. The number of aromatic nitrogens is 5. The molecule has 1 spiro atoms. The van der Waals surface area contributed by atoms with Crippen LogP contribution >= 0.6 is 11.3 Å². The molecule has 1 amide bonds. The summed E-state index contributed by atoms with van der Waals surface area (Å²) in [6.07, 6.45) is 10.6. The van der Waals surface area contributed by atoms with Crippen molar-refractivity contribution in [3.63, 3.8) is 0 Å². The van der Waals surface area contributed by atoms with Crippen molar-refractivity contribution in [2.45, 2.75) is 102 Å². The molecule has 252 valence electrons. The van der Waals surface area contributed by atoms with Crippen molar-refractivity contribution in [3.05, 3.63) is 33.5 Å². The first-order valence-electron chi connectivity index (χ1n) is 17.5. The number of carbonyl (C=O) groups excluding carboxylic acids is 1. The van der Waals surface area contributed by atoms with Crippen molar-refractivity contribution in [2.24, 2.45) is 0 Å². The summed E-state index contributed by atoms with van der Waals surface area (Å²) in [7, 11) is 2.19. The van der Waals surface area contributed by atoms with E-state index in [4.69, 9.17) is 30.5 Å². The third-order valence-electron chi connectivity index (χ3n) is 11.7. The van der Waals surface area contributed by atoms with E-state index in [9.17, 15) is 10.1 Å². The number of fused-ring (bicyclic) bond motifs is 5. The smallest absolute Gasteiger partial charge is 0.219 e. The van der Waals surface area contributed by atoms with Gasteiger partial charge >= 0.3 is 0 Å². The van der Waals surface area contributed by atoms with Gasteiger partial charge in [0.2, 0.25) is 5.91 Å². The minimum atomic E-state index is -0.419. The lowest BCUT2D eigenvalue weighted by Gasteiger charge is -2.39. The van der Waals surface area contributed by atoms with Gasteiger partial charge in [0.05, 0.1) is 28.6 Å². The van der Waals surface area contributed by atoms with Gasteiger partial charge in [-0.3, -0.25) is 4.79 Å². The molecule has 0 bridgehead atoms. The van der Waals surface area contributed by atoms with Crippen LogP contribution in [0.3, 0.4) is 0 Å². The molecule has 4 unspecified atom stereocenters. The van der Waals surface area contributed by atoms with E-state index in [1.807, 2.05) is 11.1 Å². The number of carbonyl (C=O) groups is 1. The van der Waals surface area contributed by atoms with E-state index in [2.05, 4.69) is 41.4 Å². The number of nitrogens with two attached hydrogens (primary N) is 1. The van der Waals surface area contributed by atoms with Crippen LogP contribution in [0.25, 0.3) is 22.6 Å². The Bertz CT molecular complexity index is 1930. The van der Waals surface area contributed by atoms with E-state index >= 15 is 0 Å². The molecule has 2 saturated heterocycles. The highest BCUT2D eigenvalue weighted by molar-refractivity contribution is 7.16. The van der Waals surface area contributed by atoms with Crippen molar-refractivity contribution in [2.75, 3.05) is 43.9 Å². The van der Waals surface area contributed by atoms with Crippen LogP contribution in [-0.2, 0) is 23.1 Å². The number of hydrogen-bond acceptors (Lipinski definition) is 11. The summed E-state index contributed by atoms with van der Waals surface area (Å²) in [6.45, 7) is 9.23. The summed E-state index contributed by atoms with van der Waals surface area (Å²) >= 11 is 1.55. The summed E-state index contributed by atoms with van der Waals surface area (Å²) in [5.41, 5.74) is 10.1. The number of nitrogen functional groups attached to an aromatic ring is 1. The van der Waals surface area contributed by atoms with Gasteiger partial charge in [-0.25, -0.2) is 14.6 Å². The number of aryl methyl sites for hydroxylation is 1. The van der Waals surface area contributed by atoms with Gasteiger partial charge in [0.1, 0.15) is 16.9 Å². The number of amides is 1. The average Bonchev–Trinajstić information content (AvgIpc) is 3.91. The maximum absolute atomic E-state index is 12.3. The van der Waals surface area contributed by atoms with Gasteiger partial charge in [0.15, 0.2) is 22.9 Å². The lowest BCUT2D eigenvalue weighted by molar-refractivity contribution is -0.127. The lowest BCUT2D eigenvalue weighted by Crippen LogP contribution is -2.39. The fraction of sp³-hybridized carbons (Fsp3) is 0.600. The number of anilines is 2. The summed E-state index contributed by atoms with van der Waals surface area (Å²) in [6, 6.07) is 3.04. The van der Waals surface area contributed by atoms with E-state index < -0.39 is 5.41 Å². The second-order valence-electron chi connectivity index (χ2n) is 14.2. The van der Waals surface area contributed by atoms with Crippen LogP contribution in [0.1, 0.15) is 99.1 Å². The molecule has 6 heterocycles. The van der Waals surface area contributed by atoms with E-state index in [-0.39, 0.29) is 18.0 Å². The largest absolute Gasteiger partial charge is 0.389 e. The Labute approximate surface area is 284 Å². The standard InChI is InChI=1S/C35H44N10O2S/c1-5-44(22-12-16-43(19-22)21(3)46)33-25-18-38-45(20(2)26-10-8-15-42(26)4)34(25)40-32(39-33)29-23-9-6-13-35(30(23)47-41-29)14-7-11-27-28(35)24(17-36)31(37)48-27/h18,20,22,26H,5-16,19,37H2,1-4H3.